The lowest BCUT2D eigenvalue weighted by Gasteiger charge is -2.58. The van der Waals surface area contributed by atoms with E-state index in [9.17, 15) is 0 Å². The zero-order valence-electron chi connectivity index (χ0n) is 22.0. The van der Waals surface area contributed by atoms with Gasteiger partial charge < -0.3 is 5.32 Å². The lowest BCUT2D eigenvalue weighted by Crippen LogP contribution is -2.52. The highest BCUT2D eigenvalue weighted by molar-refractivity contribution is 5.87. The molecule has 4 aliphatic rings. The van der Waals surface area contributed by atoms with E-state index in [1.165, 1.54) is 61.3 Å². The summed E-state index contributed by atoms with van der Waals surface area (Å²) in [6.45, 7) is 12.2. The average Bonchev–Trinajstić information content (AvgIpc) is 3.15. The van der Waals surface area contributed by atoms with E-state index in [0.717, 1.165) is 17.8 Å². The summed E-state index contributed by atoms with van der Waals surface area (Å²) in [5.41, 5.74) is 5.85. The molecular formula is C33H43N. The van der Waals surface area contributed by atoms with Crippen LogP contribution < -0.4 is 5.32 Å². The standard InChI is InChI=1S/C33H43N/c1-31(2,3)34-26-16-18-32(4)25(21-26)12-13-27-29-15-14-28(33(29,5)19-17-30(27)32)24-11-10-22-8-6-7-9-23(22)20-24/h6-12,14,20,26-27,29-30,34H,13,15-19,21H2,1-5H3/t26-,27+,29+,30+,32+,33-/m1/s1. The third-order valence-electron chi connectivity index (χ3n) is 10.4. The smallest absolute Gasteiger partial charge is 0.0110 e. The van der Waals surface area contributed by atoms with Gasteiger partial charge in [0.25, 0.3) is 0 Å². The normalized spacial score (nSPS) is 37.4. The number of allylic oxidation sites excluding steroid dienone is 3. The molecule has 2 aromatic carbocycles. The molecule has 0 bridgehead atoms. The van der Waals surface area contributed by atoms with Crippen molar-refractivity contribution in [2.75, 3.05) is 0 Å². The van der Waals surface area contributed by atoms with Gasteiger partial charge in [0.15, 0.2) is 0 Å². The number of rotatable bonds is 2. The molecule has 2 aromatic rings. The Bertz CT molecular complexity index is 1160. The molecule has 0 radical (unpaired) electrons. The molecule has 0 unspecified atom stereocenters. The highest BCUT2D eigenvalue weighted by Crippen LogP contribution is 2.66. The van der Waals surface area contributed by atoms with E-state index in [1.807, 2.05) is 0 Å². The Kier molecular flexibility index (Phi) is 5.20. The van der Waals surface area contributed by atoms with Crippen molar-refractivity contribution in [2.45, 2.75) is 91.1 Å². The fourth-order valence-corrected chi connectivity index (χ4v) is 8.77. The molecule has 2 fully saturated rings. The first-order chi connectivity index (χ1) is 16.2. The molecule has 4 aliphatic carbocycles. The van der Waals surface area contributed by atoms with Crippen molar-refractivity contribution < 1.29 is 0 Å². The lowest BCUT2D eigenvalue weighted by atomic mass is 9.47. The van der Waals surface area contributed by atoms with Crippen LogP contribution in [0.2, 0.25) is 0 Å². The van der Waals surface area contributed by atoms with E-state index in [1.54, 1.807) is 11.1 Å². The van der Waals surface area contributed by atoms with Gasteiger partial charge in [0.1, 0.15) is 0 Å². The predicted molar refractivity (Wildman–Crippen MR) is 146 cm³/mol. The molecule has 2 saturated carbocycles. The maximum absolute atomic E-state index is 3.91. The summed E-state index contributed by atoms with van der Waals surface area (Å²) in [5, 5.41) is 6.64. The van der Waals surface area contributed by atoms with Gasteiger partial charge in [-0.3, -0.25) is 0 Å². The second-order valence-electron chi connectivity index (χ2n) is 13.5. The highest BCUT2D eigenvalue weighted by atomic mass is 15.0. The molecular weight excluding hydrogens is 410 g/mol. The second kappa shape index (κ2) is 7.82. The minimum Gasteiger partial charge on any atom is -0.309 e. The van der Waals surface area contributed by atoms with E-state index in [0.29, 0.717) is 16.9 Å². The molecule has 6 rings (SSSR count). The van der Waals surface area contributed by atoms with Gasteiger partial charge >= 0.3 is 0 Å². The monoisotopic (exact) mass is 453 g/mol. The molecule has 0 heterocycles. The van der Waals surface area contributed by atoms with Gasteiger partial charge in [0.2, 0.25) is 0 Å². The summed E-state index contributed by atoms with van der Waals surface area (Å²) >= 11 is 0. The first kappa shape index (κ1) is 22.6. The zero-order valence-corrected chi connectivity index (χ0v) is 22.0. The fraction of sp³-hybridized carbons (Fsp3) is 0.576. The summed E-state index contributed by atoms with van der Waals surface area (Å²) in [7, 11) is 0. The van der Waals surface area contributed by atoms with Crippen molar-refractivity contribution in [1.29, 1.82) is 0 Å². The minimum atomic E-state index is 0.206. The van der Waals surface area contributed by atoms with Gasteiger partial charge in [-0.2, -0.15) is 0 Å². The molecule has 0 amide bonds. The van der Waals surface area contributed by atoms with Crippen LogP contribution in [0, 0.1) is 28.6 Å². The van der Waals surface area contributed by atoms with Gasteiger partial charge in [-0.1, -0.05) is 68.0 Å². The summed E-state index contributed by atoms with van der Waals surface area (Å²) in [6.07, 6.45) is 14.6. The van der Waals surface area contributed by atoms with Crippen LogP contribution in [-0.2, 0) is 0 Å². The molecule has 0 spiro atoms. The number of hydrogen-bond acceptors (Lipinski definition) is 1. The first-order valence-corrected chi connectivity index (χ1v) is 13.8. The molecule has 0 aromatic heterocycles. The molecule has 0 saturated heterocycles. The van der Waals surface area contributed by atoms with Crippen LogP contribution in [0.25, 0.3) is 16.3 Å². The van der Waals surface area contributed by atoms with Gasteiger partial charge in [-0.05, 0) is 122 Å². The van der Waals surface area contributed by atoms with Crippen LogP contribution in [0.15, 0.2) is 60.2 Å². The summed E-state index contributed by atoms with van der Waals surface area (Å²) in [5.74, 6) is 2.51. The van der Waals surface area contributed by atoms with E-state index >= 15 is 0 Å². The van der Waals surface area contributed by atoms with Crippen LogP contribution in [0.3, 0.4) is 0 Å². The summed E-state index contributed by atoms with van der Waals surface area (Å²) < 4.78 is 0. The third kappa shape index (κ3) is 3.53. The van der Waals surface area contributed by atoms with Crippen LogP contribution in [0.5, 0.6) is 0 Å². The van der Waals surface area contributed by atoms with E-state index in [-0.39, 0.29) is 5.54 Å². The SMILES string of the molecule is CC(C)(C)N[C@@H]1CC[C@@]2(C)C(=CC[C@@H]3[C@@H]2CC[C@]2(C)C(c4ccc5ccccc5c4)=CC[C@@H]32)C1. The van der Waals surface area contributed by atoms with Crippen LogP contribution in [0.4, 0.5) is 0 Å². The Morgan fingerprint density at radius 1 is 0.824 bits per heavy atom. The molecule has 1 heteroatoms. The van der Waals surface area contributed by atoms with Crippen LogP contribution >= 0.6 is 0 Å². The number of benzene rings is 2. The van der Waals surface area contributed by atoms with E-state index < -0.39 is 0 Å². The lowest BCUT2D eigenvalue weighted by molar-refractivity contribution is -0.0132. The third-order valence-corrected chi connectivity index (χ3v) is 10.4. The van der Waals surface area contributed by atoms with Gasteiger partial charge in [-0.15, -0.1) is 0 Å². The van der Waals surface area contributed by atoms with E-state index in [2.05, 4.69) is 94.6 Å². The molecule has 6 atom stereocenters. The van der Waals surface area contributed by atoms with Crippen molar-refractivity contribution >= 4 is 16.3 Å². The van der Waals surface area contributed by atoms with Gasteiger partial charge in [0.05, 0.1) is 0 Å². The maximum Gasteiger partial charge on any atom is 0.0110 e. The Labute approximate surface area is 207 Å². The first-order valence-electron chi connectivity index (χ1n) is 13.8. The molecule has 0 aliphatic heterocycles. The van der Waals surface area contributed by atoms with E-state index in [4.69, 9.17) is 0 Å². The number of nitrogens with one attached hydrogen (secondary N) is 1. The quantitative estimate of drug-likeness (QED) is 0.449. The summed E-state index contributed by atoms with van der Waals surface area (Å²) in [4.78, 5) is 0. The average molecular weight is 454 g/mol. The van der Waals surface area contributed by atoms with Crippen LogP contribution in [-0.4, -0.2) is 11.6 Å². The fourth-order valence-electron chi connectivity index (χ4n) is 8.77. The minimum absolute atomic E-state index is 0.206. The largest absolute Gasteiger partial charge is 0.309 e. The van der Waals surface area contributed by atoms with Crippen molar-refractivity contribution in [3.05, 3.63) is 65.8 Å². The van der Waals surface area contributed by atoms with Crippen molar-refractivity contribution in [1.82, 2.24) is 5.32 Å². The zero-order chi connectivity index (χ0) is 23.7. The number of fused-ring (bicyclic) bond motifs is 6. The molecule has 180 valence electrons. The van der Waals surface area contributed by atoms with Crippen LogP contribution in [0.1, 0.15) is 85.1 Å². The van der Waals surface area contributed by atoms with Crippen molar-refractivity contribution in [3.63, 3.8) is 0 Å². The predicted octanol–water partition coefficient (Wildman–Crippen LogP) is 8.55. The topological polar surface area (TPSA) is 12.0 Å². The Balaban J connectivity index is 1.26. The maximum atomic E-state index is 3.91. The van der Waals surface area contributed by atoms with Gasteiger partial charge in [0, 0.05) is 11.6 Å². The second-order valence-corrected chi connectivity index (χ2v) is 13.5. The van der Waals surface area contributed by atoms with Crippen molar-refractivity contribution in [2.24, 2.45) is 28.6 Å². The Morgan fingerprint density at radius 3 is 2.38 bits per heavy atom. The molecule has 34 heavy (non-hydrogen) atoms. The Hall–Kier alpha value is -1.86. The molecule has 1 nitrogen and oxygen atoms in total. The molecule has 1 N–H and O–H groups in total. The number of hydrogen-bond donors (Lipinski definition) is 1. The van der Waals surface area contributed by atoms with Gasteiger partial charge in [-0.25, -0.2) is 0 Å². The van der Waals surface area contributed by atoms with Crippen molar-refractivity contribution in [3.8, 4) is 0 Å². The Morgan fingerprint density at radius 2 is 1.59 bits per heavy atom. The summed E-state index contributed by atoms with van der Waals surface area (Å²) in [6, 6.07) is 16.6. The highest BCUT2D eigenvalue weighted by Gasteiger charge is 2.56.